The summed E-state index contributed by atoms with van der Waals surface area (Å²) in [5.41, 5.74) is 0. The van der Waals surface area contributed by atoms with Crippen molar-refractivity contribution in [1.29, 1.82) is 0 Å². The number of hydrogen-bond acceptors (Lipinski definition) is 4. The van der Waals surface area contributed by atoms with Crippen LogP contribution in [0.2, 0.25) is 0 Å². The molecule has 0 aliphatic carbocycles. The number of hydrogen-bond donors (Lipinski definition) is 4. The van der Waals surface area contributed by atoms with E-state index in [-0.39, 0.29) is 25.4 Å². The summed E-state index contributed by atoms with van der Waals surface area (Å²) in [4.78, 5) is 21.1. The molecule has 0 saturated heterocycles. The van der Waals surface area contributed by atoms with Crippen LogP contribution in [0.15, 0.2) is 0 Å². The van der Waals surface area contributed by atoms with Crippen molar-refractivity contribution in [2.45, 2.75) is 19.4 Å². The van der Waals surface area contributed by atoms with Crippen molar-refractivity contribution in [2.75, 3.05) is 19.6 Å². The Morgan fingerprint density at radius 1 is 1.43 bits per heavy atom. The number of amides is 1. The zero-order valence-electron chi connectivity index (χ0n) is 8.12. The monoisotopic (exact) mass is 204 g/mol. The third kappa shape index (κ3) is 6.38. The second-order valence-electron chi connectivity index (χ2n) is 2.77. The van der Waals surface area contributed by atoms with Crippen LogP contribution < -0.4 is 10.6 Å². The number of aliphatic hydroxyl groups is 1. The fraction of sp³-hybridized carbons (Fsp3) is 0.750. The molecule has 0 aliphatic rings. The standard InChI is InChI=1S/C8H16N2O4/c1-2-9-5-7(12)10-4-3-6(11)8(13)14/h6,9,11H,2-5H2,1H3,(H,10,12)(H,13,14)/t6-/m0/s1. The summed E-state index contributed by atoms with van der Waals surface area (Å²) in [5.74, 6) is -1.48. The Labute approximate surface area is 82.3 Å². The van der Waals surface area contributed by atoms with Gasteiger partial charge in [-0.25, -0.2) is 4.79 Å². The highest BCUT2D eigenvalue weighted by molar-refractivity contribution is 5.78. The Kier molecular flexibility index (Phi) is 6.69. The van der Waals surface area contributed by atoms with Crippen molar-refractivity contribution in [3.63, 3.8) is 0 Å². The van der Waals surface area contributed by atoms with Crippen LogP contribution in [-0.4, -0.2) is 47.8 Å². The summed E-state index contributed by atoms with van der Waals surface area (Å²) < 4.78 is 0. The molecule has 0 bridgehead atoms. The lowest BCUT2D eigenvalue weighted by Crippen LogP contribution is -2.36. The Hall–Kier alpha value is -1.14. The van der Waals surface area contributed by atoms with E-state index in [1.165, 1.54) is 0 Å². The van der Waals surface area contributed by atoms with Gasteiger partial charge in [0.2, 0.25) is 5.91 Å². The molecule has 0 saturated carbocycles. The van der Waals surface area contributed by atoms with Gasteiger partial charge in [-0.1, -0.05) is 6.92 Å². The summed E-state index contributed by atoms with van der Waals surface area (Å²) in [6.45, 7) is 2.95. The first-order valence-corrected chi connectivity index (χ1v) is 4.46. The molecule has 4 N–H and O–H groups in total. The van der Waals surface area contributed by atoms with E-state index in [0.717, 1.165) is 0 Å². The molecule has 6 heteroatoms. The van der Waals surface area contributed by atoms with Gasteiger partial charge in [0.05, 0.1) is 6.54 Å². The van der Waals surface area contributed by atoms with E-state index in [9.17, 15) is 9.59 Å². The summed E-state index contributed by atoms with van der Waals surface area (Å²) in [5, 5.41) is 22.5. The molecule has 0 aromatic rings. The van der Waals surface area contributed by atoms with Crippen LogP contribution in [0, 0.1) is 0 Å². The number of carbonyl (C=O) groups excluding carboxylic acids is 1. The minimum atomic E-state index is -1.41. The SMILES string of the molecule is CCNCC(=O)NCC[C@H](O)C(=O)O. The molecule has 0 heterocycles. The maximum absolute atomic E-state index is 11.0. The summed E-state index contributed by atoms with van der Waals surface area (Å²) in [7, 11) is 0. The molecule has 6 nitrogen and oxygen atoms in total. The van der Waals surface area contributed by atoms with Crippen LogP contribution in [0.1, 0.15) is 13.3 Å². The van der Waals surface area contributed by atoms with Crippen LogP contribution >= 0.6 is 0 Å². The largest absolute Gasteiger partial charge is 0.479 e. The van der Waals surface area contributed by atoms with Crippen molar-refractivity contribution in [2.24, 2.45) is 0 Å². The minimum Gasteiger partial charge on any atom is -0.479 e. The molecule has 0 rings (SSSR count). The molecule has 0 aromatic carbocycles. The van der Waals surface area contributed by atoms with Crippen LogP contribution in [0.25, 0.3) is 0 Å². The van der Waals surface area contributed by atoms with E-state index in [1.54, 1.807) is 0 Å². The molecule has 0 aliphatic heterocycles. The lowest BCUT2D eigenvalue weighted by molar-refractivity contribution is -0.147. The smallest absolute Gasteiger partial charge is 0.332 e. The van der Waals surface area contributed by atoms with E-state index >= 15 is 0 Å². The first-order valence-electron chi connectivity index (χ1n) is 4.46. The van der Waals surface area contributed by atoms with Gasteiger partial charge in [0.25, 0.3) is 0 Å². The number of aliphatic carboxylic acids is 1. The van der Waals surface area contributed by atoms with E-state index in [0.29, 0.717) is 6.54 Å². The van der Waals surface area contributed by atoms with Gasteiger partial charge in [0.15, 0.2) is 6.10 Å². The number of likely N-dealkylation sites (N-methyl/N-ethyl adjacent to an activating group) is 1. The second kappa shape index (κ2) is 7.28. The van der Waals surface area contributed by atoms with Crippen molar-refractivity contribution < 1.29 is 19.8 Å². The number of aliphatic hydroxyl groups excluding tert-OH is 1. The third-order valence-electron chi connectivity index (χ3n) is 1.56. The Morgan fingerprint density at radius 2 is 2.07 bits per heavy atom. The maximum Gasteiger partial charge on any atom is 0.332 e. The summed E-state index contributed by atoms with van der Waals surface area (Å²) in [6.07, 6.45) is -1.39. The zero-order valence-corrected chi connectivity index (χ0v) is 8.12. The second-order valence-corrected chi connectivity index (χ2v) is 2.77. The van der Waals surface area contributed by atoms with Crippen LogP contribution in [0.5, 0.6) is 0 Å². The van der Waals surface area contributed by atoms with Crippen LogP contribution in [0.4, 0.5) is 0 Å². The number of rotatable bonds is 7. The van der Waals surface area contributed by atoms with Gasteiger partial charge in [-0.2, -0.15) is 0 Å². The summed E-state index contributed by atoms with van der Waals surface area (Å²) >= 11 is 0. The van der Waals surface area contributed by atoms with Crippen molar-refractivity contribution in [3.05, 3.63) is 0 Å². The highest BCUT2D eigenvalue weighted by atomic mass is 16.4. The van der Waals surface area contributed by atoms with Crippen LogP contribution in [0.3, 0.4) is 0 Å². The first kappa shape index (κ1) is 12.9. The van der Waals surface area contributed by atoms with Gasteiger partial charge in [0.1, 0.15) is 0 Å². The molecule has 0 unspecified atom stereocenters. The average molecular weight is 204 g/mol. The average Bonchev–Trinajstić information content (AvgIpc) is 2.14. The normalized spacial score (nSPS) is 12.1. The predicted octanol–water partition coefficient (Wildman–Crippen LogP) is -1.45. The zero-order chi connectivity index (χ0) is 11.0. The van der Waals surface area contributed by atoms with Gasteiger partial charge in [-0.3, -0.25) is 4.79 Å². The van der Waals surface area contributed by atoms with Gasteiger partial charge < -0.3 is 20.8 Å². The molecular weight excluding hydrogens is 188 g/mol. The van der Waals surface area contributed by atoms with Gasteiger partial charge >= 0.3 is 5.97 Å². The first-order chi connectivity index (χ1) is 6.57. The highest BCUT2D eigenvalue weighted by Gasteiger charge is 2.12. The fourth-order valence-electron chi connectivity index (χ4n) is 0.773. The van der Waals surface area contributed by atoms with Gasteiger partial charge in [0, 0.05) is 13.0 Å². The van der Waals surface area contributed by atoms with Crippen molar-refractivity contribution in [3.8, 4) is 0 Å². The lowest BCUT2D eigenvalue weighted by atomic mass is 10.2. The quantitative estimate of drug-likeness (QED) is 0.406. The Balaban J connectivity index is 3.44. The molecule has 82 valence electrons. The Bertz CT molecular complexity index is 196. The molecule has 0 aromatic heterocycles. The van der Waals surface area contributed by atoms with Crippen molar-refractivity contribution >= 4 is 11.9 Å². The highest BCUT2D eigenvalue weighted by Crippen LogP contribution is 1.88. The van der Waals surface area contributed by atoms with E-state index in [2.05, 4.69) is 10.6 Å². The molecule has 1 amide bonds. The Morgan fingerprint density at radius 3 is 2.57 bits per heavy atom. The molecule has 0 spiro atoms. The number of carboxylic acid groups (broad SMARTS) is 1. The summed E-state index contributed by atoms with van der Waals surface area (Å²) in [6, 6.07) is 0. The van der Waals surface area contributed by atoms with E-state index < -0.39 is 12.1 Å². The number of carbonyl (C=O) groups is 2. The number of carboxylic acids is 1. The topological polar surface area (TPSA) is 98.7 Å². The molecule has 1 atom stereocenters. The maximum atomic E-state index is 11.0. The molecule has 14 heavy (non-hydrogen) atoms. The third-order valence-corrected chi connectivity index (χ3v) is 1.56. The molecular formula is C8H16N2O4. The fourth-order valence-corrected chi connectivity index (χ4v) is 0.773. The predicted molar refractivity (Wildman–Crippen MR) is 49.8 cm³/mol. The van der Waals surface area contributed by atoms with E-state index in [4.69, 9.17) is 10.2 Å². The molecule has 0 radical (unpaired) electrons. The lowest BCUT2D eigenvalue weighted by Gasteiger charge is -2.07. The minimum absolute atomic E-state index is 0.0210. The van der Waals surface area contributed by atoms with Gasteiger partial charge in [-0.15, -0.1) is 0 Å². The van der Waals surface area contributed by atoms with Gasteiger partial charge in [-0.05, 0) is 6.54 Å². The van der Waals surface area contributed by atoms with Crippen molar-refractivity contribution in [1.82, 2.24) is 10.6 Å². The number of nitrogens with one attached hydrogen (secondary N) is 2. The van der Waals surface area contributed by atoms with E-state index in [1.807, 2.05) is 6.92 Å². The molecule has 0 fully saturated rings. The van der Waals surface area contributed by atoms with Crippen LogP contribution in [-0.2, 0) is 9.59 Å².